The van der Waals surface area contributed by atoms with Gasteiger partial charge in [0.15, 0.2) is 9.84 Å². The first-order valence-electron chi connectivity index (χ1n) is 8.93. The Hall–Kier alpha value is -1.47. The summed E-state index contributed by atoms with van der Waals surface area (Å²) in [5.74, 6) is 0.732. The van der Waals surface area contributed by atoms with Gasteiger partial charge in [-0.1, -0.05) is 0 Å². The van der Waals surface area contributed by atoms with Gasteiger partial charge in [0.25, 0.3) is 5.91 Å². The minimum absolute atomic E-state index is 0.00329. The summed E-state index contributed by atoms with van der Waals surface area (Å²) in [6.45, 7) is 3.65. The molecule has 7 heteroatoms. The average Bonchev–Trinajstić information content (AvgIpc) is 3.31. The zero-order valence-corrected chi connectivity index (χ0v) is 15.3. The van der Waals surface area contributed by atoms with Crippen LogP contribution >= 0.6 is 0 Å². The van der Waals surface area contributed by atoms with E-state index in [1.54, 1.807) is 23.2 Å². The third-order valence-corrected chi connectivity index (χ3v) is 8.43. The molecule has 1 aliphatic carbocycles. The molecule has 3 heterocycles. The van der Waals surface area contributed by atoms with Crippen LogP contribution in [0.25, 0.3) is 0 Å². The Morgan fingerprint density at radius 3 is 2.68 bits per heavy atom. The molecule has 1 atom stereocenters. The Labute approximate surface area is 148 Å². The smallest absolute Gasteiger partial charge is 0.255 e. The number of likely N-dealkylation sites (tertiary alicyclic amines) is 1. The Kier molecular flexibility index (Phi) is 4.11. The second kappa shape index (κ2) is 6.06. The average molecular weight is 364 g/mol. The van der Waals surface area contributed by atoms with Crippen molar-refractivity contribution in [2.45, 2.75) is 30.9 Å². The molecule has 25 heavy (non-hydrogen) atoms. The molecule has 1 spiro atoms. The number of pyridine rings is 1. The Morgan fingerprint density at radius 1 is 1.28 bits per heavy atom. The van der Waals surface area contributed by atoms with Crippen molar-refractivity contribution in [3.8, 4) is 0 Å². The normalized spacial score (nSPS) is 26.6. The minimum atomic E-state index is -3.18. The highest BCUT2D eigenvalue weighted by Crippen LogP contribution is 2.45. The standard InChI is InChI=1S/C18H24N2O4S/c1-13-2-5-15(8-19-13)17(21)20-11-18(12-20)16(6-7-25(18,22)23)10-24-9-14-3-4-14/h2,5,8,14,16H,3-4,6-7,9-12H2,1H3. The number of nitrogens with zero attached hydrogens (tertiary/aromatic N) is 2. The van der Waals surface area contributed by atoms with Crippen molar-refractivity contribution in [3.63, 3.8) is 0 Å². The van der Waals surface area contributed by atoms with E-state index in [1.807, 2.05) is 6.92 Å². The lowest BCUT2D eigenvalue weighted by molar-refractivity contribution is 0.0228. The molecule has 2 saturated heterocycles. The van der Waals surface area contributed by atoms with E-state index >= 15 is 0 Å². The van der Waals surface area contributed by atoms with E-state index in [1.165, 1.54) is 12.8 Å². The lowest BCUT2D eigenvalue weighted by Crippen LogP contribution is -2.68. The van der Waals surface area contributed by atoms with Crippen LogP contribution in [0.15, 0.2) is 18.3 Å². The molecule has 1 unspecified atom stereocenters. The maximum Gasteiger partial charge on any atom is 0.255 e. The largest absolute Gasteiger partial charge is 0.381 e. The van der Waals surface area contributed by atoms with Crippen molar-refractivity contribution in [2.24, 2.45) is 11.8 Å². The Bertz CT molecular complexity index is 765. The zero-order valence-electron chi connectivity index (χ0n) is 14.5. The molecule has 136 valence electrons. The summed E-state index contributed by atoms with van der Waals surface area (Å²) >= 11 is 0. The van der Waals surface area contributed by atoms with Gasteiger partial charge < -0.3 is 9.64 Å². The van der Waals surface area contributed by atoms with Crippen LogP contribution in [-0.4, -0.2) is 61.0 Å². The van der Waals surface area contributed by atoms with Crippen molar-refractivity contribution >= 4 is 15.7 Å². The molecular weight excluding hydrogens is 340 g/mol. The molecule has 0 bridgehead atoms. The topological polar surface area (TPSA) is 76.6 Å². The van der Waals surface area contributed by atoms with Crippen LogP contribution < -0.4 is 0 Å². The van der Waals surface area contributed by atoms with Gasteiger partial charge in [0.05, 0.1) is 17.9 Å². The lowest BCUT2D eigenvalue weighted by atomic mass is 9.83. The molecule has 1 amide bonds. The number of aryl methyl sites for hydroxylation is 1. The molecule has 0 radical (unpaired) electrons. The molecule has 1 aromatic heterocycles. The fraction of sp³-hybridized carbons (Fsp3) is 0.667. The first kappa shape index (κ1) is 17.0. The number of aromatic nitrogens is 1. The van der Waals surface area contributed by atoms with Crippen LogP contribution in [-0.2, 0) is 14.6 Å². The van der Waals surface area contributed by atoms with Gasteiger partial charge in [0.1, 0.15) is 4.75 Å². The van der Waals surface area contributed by atoms with Gasteiger partial charge >= 0.3 is 0 Å². The second-order valence-corrected chi connectivity index (χ2v) is 10.2. The van der Waals surface area contributed by atoms with E-state index in [9.17, 15) is 13.2 Å². The fourth-order valence-electron chi connectivity index (χ4n) is 3.89. The number of rotatable bonds is 5. The summed E-state index contributed by atoms with van der Waals surface area (Å²) in [4.78, 5) is 18.3. The highest BCUT2D eigenvalue weighted by atomic mass is 32.2. The third-order valence-electron chi connectivity index (χ3n) is 5.83. The SMILES string of the molecule is Cc1ccc(C(=O)N2CC3(C2)C(COCC2CC2)CCS3(=O)=O)cn1. The first-order chi connectivity index (χ1) is 11.9. The molecule has 6 nitrogen and oxygen atoms in total. The fourth-order valence-corrected chi connectivity index (χ4v) is 6.29. The molecule has 1 aromatic rings. The Morgan fingerprint density at radius 2 is 2.04 bits per heavy atom. The number of ether oxygens (including phenoxy) is 1. The van der Waals surface area contributed by atoms with Crippen molar-refractivity contribution in [3.05, 3.63) is 29.6 Å². The zero-order chi connectivity index (χ0) is 17.7. The highest BCUT2D eigenvalue weighted by Gasteiger charge is 2.62. The van der Waals surface area contributed by atoms with E-state index in [0.29, 0.717) is 24.5 Å². The van der Waals surface area contributed by atoms with E-state index < -0.39 is 14.6 Å². The molecule has 3 fully saturated rings. The van der Waals surface area contributed by atoms with Crippen molar-refractivity contribution in [2.75, 3.05) is 32.1 Å². The van der Waals surface area contributed by atoms with E-state index in [4.69, 9.17) is 4.74 Å². The van der Waals surface area contributed by atoms with Gasteiger partial charge in [0, 0.05) is 37.5 Å². The van der Waals surface area contributed by atoms with Crippen LogP contribution in [0.2, 0.25) is 0 Å². The van der Waals surface area contributed by atoms with Crippen molar-refractivity contribution in [1.82, 2.24) is 9.88 Å². The van der Waals surface area contributed by atoms with Crippen LogP contribution in [0.3, 0.4) is 0 Å². The lowest BCUT2D eigenvalue weighted by Gasteiger charge is -2.49. The molecule has 2 aliphatic heterocycles. The van der Waals surface area contributed by atoms with Crippen LogP contribution in [0.5, 0.6) is 0 Å². The number of hydrogen-bond donors (Lipinski definition) is 0. The van der Waals surface area contributed by atoms with E-state index in [0.717, 1.165) is 12.3 Å². The molecule has 3 aliphatic rings. The summed E-state index contributed by atoms with van der Waals surface area (Å²) in [6.07, 6.45) is 4.64. The number of sulfone groups is 1. The van der Waals surface area contributed by atoms with Gasteiger partial charge in [-0.05, 0) is 44.2 Å². The summed E-state index contributed by atoms with van der Waals surface area (Å²) in [5.41, 5.74) is 1.36. The molecule has 0 aromatic carbocycles. The molecule has 0 N–H and O–H groups in total. The third kappa shape index (κ3) is 2.97. The molecule has 1 saturated carbocycles. The summed E-state index contributed by atoms with van der Waals surface area (Å²) in [6, 6.07) is 3.54. The van der Waals surface area contributed by atoms with Gasteiger partial charge in [-0.2, -0.15) is 0 Å². The van der Waals surface area contributed by atoms with Crippen LogP contribution in [0, 0.1) is 18.8 Å². The number of carbonyl (C=O) groups is 1. The number of hydrogen-bond acceptors (Lipinski definition) is 5. The summed E-state index contributed by atoms with van der Waals surface area (Å²) in [5, 5.41) is 0. The van der Waals surface area contributed by atoms with Crippen LogP contribution in [0.4, 0.5) is 0 Å². The molecular formula is C18H24N2O4S. The van der Waals surface area contributed by atoms with Gasteiger partial charge in [-0.15, -0.1) is 0 Å². The monoisotopic (exact) mass is 364 g/mol. The van der Waals surface area contributed by atoms with Crippen LogP contribution in [0.1, 0.15) is 35.3 Å². The molecule has 4 rings (SSSR count). The van der Waals surface area contributed by atoms with E-state index in [-0.39, 0.29) is 30.7 Å². The number of amides is 1. The maximum atomic E-state index is 12.6. The second-order valence-electron chi connectivity index (χ2n) is 7.70. The quantitative estimate of drug-likeness (QED) is 0.790. The predicted octanol–water partition coefficient (Wildman–Crippen LogP) is 1.45. The van der Waals surface area contributed by atoms with Gasteiger partial charge in [0.2, 0.25) is 0 Å². The Balaban J connectivity index is 1.43. The van der Waals surface area contributed by atoms with Gasteiger partial charge in [-0.3, -0.25) is 9.78 Å². The maximum absolute atomic E-state index is 12.6. The van der Waals surface area contributed by atoms with Gasteiger partial charge in [-0.25, -0.2) is 8.42 Å². The van der Waals surface area contributed by atoms with E-state index in [2.05, 4.69) is 4.98 Å². The predicted molar refractivity (Wildman–Crippen MR) is 93.0 cm³/mol. The summed E-state index contributed by atoms with van der Waals surface area (Å²) in [7, 11) is -3.18. The minimum Gasteiger partial charge on any atom is -0.381 e. The van der Waals surface area contributed by atoms with Crippen molar-refractivity contribution in [1.29, 1.82) is 0 Å². The highest BCUT2D eigenvalue weighted by molar-refractivity contribution is 7.93. The van der Waals surface area contributed by atoms with Crippen molar-refractivity contribution < 1.29 is 17.9 Å². The summed E-state index contributed by atoms with van der Waals surface area (Å²) < 4.78 is 30.2. The first-order valence-corrected chi connectivity index (χ1v) is 10.6. The number of carbonyl (C=O) groups excluding carboxylic acids is 1.